The minimum absolute atomic E-state index is 0.275. The van der Waals surface area contributed by atoms with Gasteiger partial charge in [0.2, 0.25) is 0 Å². The molecule has 0 aliphatic rings. The Kier molecular flexibility index (Phi) is 12.3. The molecule has 1 N–H and O–H groups in total. The first kappa shape index (κ1) is 16.4. The summed E-state index contributed by atoms with van der Waals surface area (Å²) in [5.74, 6) is -0.708. The van der Waals surface area contributed by atoms with Crippen molar-refractivity contribution in [1.29, 1.82) is 0 Å². The summed E-state index contributed by atoms with van der Waals surface area (Å²) in [6.07, 6.45) is 20.5. The van der Waals surface area contributed by atoms with E-state index < -0.39 is 5.97 Å². The van der Waals surface area contributed by atoms with E-state index in [4.69, 9.17) is 5.11 Å². The highest BCUT2D eigenvalue weighted by Gasteiger charge is 1.93. The fourth-order valence-electron chi connectivity index (χ4n) is 1.40. The molecule has 2 nitrogen and oxygen atoms in total. The highest BCUT2D eigenvalue weighted by molar-refractivity contribution is 5.66. The molecular formula is C16H24O2. The zero-order valence-corrected chi connectivity index (χ0v) is 11.1. The zero-order chi connectivity index (χ0) is 13.5. The Bertz CT molecular complexity index is 298. The molecule has 0 aliphatic heterocycles. The predicted octanol–water partition coefficient (Wildman–Crippen LogP) is 4.66. The van der Waals surface area contributed by atoms with Gasteiger partial charge in [0.15, 0.2) is 0 Å². The van der Waals surface area contributed by atoms with Gasteiger partial charge in [-0.25, -0.2) is 0 Å². The second-order valence-electron chi connectivity index (χ2n) is 4.10. The Morgan fingerprint density at radius 3 is 2.06 bits per heavy atom. The van der Waals surface area contributed by atoms with Crippen molar-refractivity contribution in [3.8, 4) is 0 Å². The third kappa shape index (κ3) is 14.4. The smallest absolute Gasteiger partial charge is 0.303 e. The standard InChI is InChI=1S/C16H24O2/c1-2-3-4-5-6-7-8-9-10-11-12-13-14-15-16(17)18/h2,6-11H,1,3-5,12-15H2,(H,17,18)/b7-6-,9-8-,11-10-. The summed E-state index contributed by atoms with van der Waals surface area (Å²) in [4.78, 5) is 10.3. The highest BCUT2D eigenvalue weighted by Crippen LogP contribution is 2.01. The number of hydrogen-bond donors (Lipinski definition) is 1. The molecule has 100 valence electrons. The van der Waals surface area contributed by atoms with Gasteiger partial charge in [-0.15, -0.1) is 6.58 Å². The highest BCUT2D eigenvalue weighted by atomic mass is 16.4. The summed E-state index contributed by atoms with van der Waals surface area (Å²) in [5.41, 5.74) is 0. The second-order valence-corrected chi connectivity index (χ2v) is 4.10. The van der Waals surface area contributed by atoms with Crippen LogP contribution < -0.4 is 0 Å². The lowest BCUT2D eigenvalue weighted by Crippen LogP contribution is -1.92. The van der Waals surface area contributed by atoms with E-state index in [1.165, 1.54) is 0 Å². The molecule has 0 fully saturated rings. The monoisotopic (exact) mass is 248 g/mol. The maximum atomic E-state index is 10.3. The Morgan fingerprint density at radius 2 is 1.50 bits per heavy atom. The normalized spacial score (nSPS) is 11.8. The number of allylic oxidation sites excluding steroid dienone is 7. The van der Waals surface area contributed by atoms with Crippen molar-refractivity contribution >= 4 is 5.97 Å². The van der Waals surface area contributed by atoms with Crippen molar-refractivity contribution in [3.05, 3.63) is 49.1 Å². The van der Waals surface area contributed by atoms with E-state index in [0.717, 1.165) is 38.5 Å². The van der Waals surface area contributed by atoms with Gasteiger partial charge < -0.3 is 5.11 Å². The summed E-state index contributed by atoms with van der Waals surface area (Å²) in [5, 5.41) is 8.45. The zero-order valence-electron chi connectivity index (χ0n) is 11.1. The minimum Gasteiger partial charge on any atom is -0.481 e. The number of carboxylic acid groups (broad SMARTS) is 1. The average molecular weight is 248 g/mol. The quantitative estimate of drug-likeness (QED) is 0.328. The van der Waals surface area contributed by atoms with Crippen LogP contribution in [-0.4, -0.2) is 11.1 Å². The molecule has 0 spiro atoms. The van der Waals surface area contributed by atoms with E-state index in [0.29, 0.717) is 0 Å². The van der Waals surface area contributed by atoms with E-state index in [2.05, 4.69) is 24.8 Å². The van der Waals surface area contributed by atoms with E-state index in [1.54, 1.807) is 0 Å². The second kappa shape index (κ2) is 13.5. The maximum absolute atomic E-state index is 10.3. The van der Waals surface area contributed by atoms with Gasteiger partial charge in [0, 0.05) is 6.42 Å². The van der Waals surface area contributed by atoms with Crippen LogP contribution in [0.3, 0.4) is 0 Å². The third-order valence-corrected chi connectivity index (χ3v) is 2.40. The molecule has 0 atom stereocenters. The fraction of sp³-hybridized carbons (Fsp3) is 0.438. The first-order valence-corrected chi connectivity index (χ1v) is 6.58. The van der Waals surface area contributed by atoms with Gasteiger partial charge in [-0.2, -0.15) is 0 Å². The van der Waals surface area contributed by atoms with Crippen molar-refractivity contribution in [2.24, 2.45) is 0 Å². The molecule has 0 saturated carbocycles. The van der Waals surface area contributed by atoms with Gasteiger partial charge >= 0.3 is 5.97 Å². The van der Waals surface area contributed by atoms with E-state index in [1.807, 2.05) is 24.3 Å². The minimum atomic E-state index is -0.708. The van der Waals surface area contributed by atoms with Crippen molar-refractivity contribution in [2.75, 3.05) is 0 Å². The van der Waals surface area contributed by atoms with Crippen LogP contribution in [-0.2, 0) is 4.79 Å². The Labute approximate surface area is 110 Å². The van der Waals surface area contributed by atoms with Crippen LogP contribution in [0.4, 0.5) is 0 Å². The topological polar surface area (TPSA) is 37.3 Å². The molecule has 0 bridgehead atoms. The lowest BCUT2D eigenvalue weighted by molar-refractivity contribution is -0.137. The molecular weight excluding hydrogens is 224 g/mol. The molecule has 0 amide bonds. The Morgan fingerprint density at radius 1 is 0.889 bits per heavy atom. The van der Waals surface area contributed by atoms with E-state index in [9.17, 15) is 4.79 Å². The van der Waals surface area contributed by atoms with Crippen LogP contribution >= 0.6 is 0 Å². The molecule has 2 heteroatoms. The number of hydrogen-bond acceptors (Lipinski definition) is 1. The summed E-state index contributed by atoms with van der Waals surface area (Å²) in [6, 6.07) is 0. The van der Waals surface area contributed by atoms with Crippen LogP contribution in [0.5, 0.6) is 0 Å². The number of carbonyl (C=O) groups is 1. The Balaban J connectivity index is 3.39. The average Bonchev–Trinajstić information content (AvgIpc) is 2.34. The summed E-state index contributed by atoms with van der Waals surface area (Å²) >= 11 is 0. The maximum Gasteiger partial charge on any atom is 0.303 e. The van der Waals surface area contributed by atoms with E-state index >= 15 is 0 Å². The van der Waals surface area contributed by atoms with Gasteiger partial charge in [-0.05, 0) is 38.5 Å². The molecule has 0 aliphatic carbocycles. The van der Waals surface area contributed by atoms with Gasteiger partial charge in [0.05, 0.1) is 0 Å². The lowest BCUT2D eigenvalue weighted by atomic mass is 10.2. The molecule has 0 aromatic rings. The van der Waals surface area contributed by atoms with Crippen LogP contribution in [0.25, 0.3) is 0 Å². The van der Waals surface area contributed by atoms with Crippen molar-refractivity contribution in [2.45, 2.75) is 44.9 Å². The van der Waals surface area contributed by atoms with Crippen LogP contribution in [0.2, 0.25) is 0 Å². The molecule has 18 heavy (non-hydrogen) atoms. The van der Waals surface area contributed by atoms with E-state index in [-0.39, 0.29) is 6.42 Å². The van der Waals surface area contributed by atoms with Crippen molar-refractivity contribution in [3.63, 3.8) is 0 Å². The molecule has 0 unspecified atom stereocenters. The van der Waals surface area contributed by atoms with Crippen LogP contribution in [0.1, 0.15) is 44.9 Å². The first-order valence-electron chi connectivity index (χ1n) is 6.58. The molecule has 0 radical (unpaired) electrons. The molecule has 0 aromatic carbocycles. The van der Waals surface area contributed by atoms with Gasteiger partial charge in [-0.1, -0.05) is 42.5 Å². The molecule has 0 saturated heterocycles. The van der Waals surface area contributed by atoms with Crippen molar-refractivity contribution in [1.82, 2.24) is 0 Å². The van der Waals surface area contributed by atoms with Crippen molar-refractivity contribution < 1.29 is 9.90 Å². The van der Waals surface area contributed by atoms with Gasteiger partial charge in [0.1, 0.15) is 0 Å². The summed E-state index contributed by atoms with van der Waals surface area (Å²) in [7, 11) is 0. The number of carboxylic acids is 1. The summed E-state index contributed by atoms with van der Waals surface area (Å²) in [6.45, 7) is 3.68. The lowest BCUT2D eigenvalue weighted by Gasteiger charge is -1.91. The molecule has 0 rings (SSSR count). The van der Waals surface area contributed by atoms with Gasteiger partial charge in [-0.3, -0.25) is 4.79 Å². The van der Waals surface area contributed by atoms with Crippen LogP contribution in [0.15, 0.2) is 49.1 Å². The largest absolute Gasteiger partial charge is 0.481 e. The number of rotatable bonds is 11. The first-order chi connectivity index (χ1) is 8.77. The number of unbranched alkanes of at least 4 members (excludes halogenated alkanes) is 4. The number of aliphatic carboxylic acids is 1. The third-order valence-electron chi connectivity index (χ3n) is 2.40. The predicted molar refractivity (Wildman–Crippen MR) is 77.6 cm³/mol. The molecule has 0 heterocycles. The summed E-state index contributed by atoms with van der Waals surface area (Å²) < 4.78 is 0. The molecule has 0 aromatic heterocycles. The van der Waals surface area contributed by atoms with Crippen LogP contribution in [0, 0.1) is 0 Å². The Hall–Kier alpha value is -1.57. The van der Waals surface area contributed by atoms with Gasteiger partial charge in [0.25, 0.3) is 0 Å². The fourth-order valence-corrected chi connectivity index (χ4v) is 1.40. The SMILES string of the molecule is C=CCCC\C=C/C=C\C=C/CCCCC(=O)O.